The van der Waals surface area contributed by atoms with E-state index in [1.165, 1.54) is 12.1 Å². The largest absolute Gasteiger partial charge is 0.338 e. The van der Waals surface area contributed by atoms with Crippen LogP contribution in [-0.4, -0.2) is 30.4 Å². The Labute approximate surface area is 146 Å². The van der Waals surface area contributed by atoms with E-state index in [0.717, 1.165) is 19.0 Å². The van der Waals surface area contributed by atoms with E-state index in [-0.39, 0.29) is 11.9 Å². The molecule has 0 radical (unpaired) electrons. The minimum atomic E-state index is -0.570. The van der Waals surface area contributed by atoms with E-state index in [0.29, 0.717) is 30.1 Å². The molecule has 1 amide bonds. The van der Waals surface area contributed by atoms with Gasteiger partial charge in [0.1, 0.15) is 11.6 Å². The van der Waals surface area contributed by atoms with Crippen LogP contribution in [0.15, 0.2) is 48.5 Å². The molecule has 132 valence electrons. The number of hydrogen-bond donors (Lipinski definition) is 1. The maximum Gasteiger partial charge on any atom is 0.253 e. The quantitative estimate of drug-likeness (QED) is 0.895. The lowest BCUT2D eigenvalue weighted by Gasteiger charge is -2.19. The zero-order chi connectivity index (χ0) is 17.8. The zero-order valence-electron chi connectivity index (χ0n) is 14.2. The molecule has 3 nitrogen and oxygen atoms in total. The summed E-state index contributed by atoms with van der Waals surface area (Å²) in [5.41, 5.74) is 1.16. The normalized spacial score (nSPS) is 18.4. The van der Waals surface area contributed by atoms with Gasteiger partial charge in [-0.15, -0.1) is 0 Å². The van der Waals surface area contributed by atoms with Crippen molar-refractivity contribution in [3.05, 3.63) is 71.3 Å². The van der Waals surface area contributed by atoms with Crippen molar-refractivity contribution in [1.29, 1.82) is 0 Å². The molecule has 0 aliphatic carbocycles. The Hall–Kier alpha value is -2.27. The summed E-state index contributed by atoms with van der Waals surface area (Å²) in [7, 11) is 0. The van der Waals surface area contributed by atoms with Crippen LogP contribution < -0.4 is 5.32 Å². The van der Waals surface area contributed by atoms with Crippen molar-refractivity contribution in [2.45, 2.75) is 19.4 Å². The molecule has 1 saturated heterocycles. The molecule has 2 aromatic carbocycles. The smallest absolute Gasteiger partial charge is 0.253 e. The van der Waals surface area contributed by atoms with Crippen molar-refractivity contribution in [2.75, 3.05) is 19.6 Å². The van der Waals surface area contributed by atoms with E-state index in [9.17, 15) is 13.6 Å². The fourth-order valence-corrected chi connectivity index (χ4v) is 3.25. The van der Waals surface area contributed by atoms with Gasteiger partial charge in [-0.1, -0.05) is 24.3 Å². The Kier molecular flexibility index (Phi) is 5.43. The van der Waals surface area contributed by atoms with Crippen molar-refractivity contribution in [3.8, 4) is 0 Å². The number of benzene rings is 2. The van der Waals surface area contributed by atoms with Gasteiger partial charge in [0, 0.05) is 42.9 Å². The average Bonchev–Trinajstić information content (AvgIpc) is 3.09. The molecule has 2 aromatic rings. The molecule has 1 heterocycles. The first-order chi connectivity index (χ1) is 12.0. The van der Waals surface area contributed by atoms with E-state index in [2.05, 4.69) is 5.32 Å². The van der Waals surface area contributed by atoms with Gasteiger partial charge in [0.25, 0.3) is 5.91 Å². The maximum atomic E-state index is 13.8. The summed E-state index contributed by atoms with van der Waals surface area (Å²) in [6.07, 6.45) is 0.921. The first-order valence-electron chi connectivity index (χ1n) is 8.57. The van der Waals surface area contributed by atoms with E-state index in [4.69, 9.17) is 0 Å². The summed E-state index contributed by atoms with van der Waals surface area (Å²) in [6.45, 7) is 3.98. The summed E-state index contributed by atoms with van der Waals surface area (Å²) < 4.78 is 26.8. The number of hydrogen-bond acceptors (Lipinski definition) is 2. The highest BCUT2D eigenvalue weighted by Gasteiger charge is 2.27. The number of likely N-dealkylation sites (tertiary alicyclic amines) is 1. The fourth-order valence-electron chi connectivity index (χ4n) is 3.25. The van der Waals surface area contributed by atoms with Gasteiger partial charge in [-0.05, 0) is 37.5 Å². The predicted molar refractivity (Wildman–Crippen MR) is 93.2 cm³/mol. The van der Waals surface area contributed by atoms with E-state index < -0.39 is 11.6 Å². The third-order valence-corrected chi connectivity index (χ3v) is 4.74. The standard InChI is InChI=1S/C20H22F2N2O/c1-14(18-8-7-17(21)11-19(18)22)23-12-15-9-10-24(13-15)20(25)16-5-3-2-4-6-16/h2-8,11,14-15,23H,9-10,12-13H2,1H3/t14-,15-/m1/s1. The highest BCUT2D eigenvalue weighted by molar-refractivity contribution is 5.94. The number of halogens is 2. The van der Waals surface area contributed by atoms with Gasteiger partial charge in [0.05, 0.1) is 0 Å². The van der Waals surface area contributed by atoms with Crippen LogP contribution in [-0.2, 0) is 0 Å². The molecule has 0 saturated carbocycles. The number of rotatable bonds is 5. The molecule has 1 aliphatic rings. The summed E-state index contributed by atoms with van der Waals surface area (Å²) in [4.78, 5) is 14.3. The second-order valence-corrected chi connectivity index (χ2v) is 6.57. The summed E-state index contributed by atoms with van der Waals surface area (Å²) in [5, 5.41) is 3.30. The Balaban J connectivity index is 1.52. The predicted octanol–water partition coefficient (Wildman–Crippen LogP) is 3.78. The maximum absolute atomic E-state index is 13.8. The van der Waals surface area contributed by atoms with E-state index in [1.54, 1.807) is 0 Å². The summed E-state index contributed by atoms with van der Waals surface area (Å²) in [5.74, 6) is -0.717. The van der Waals surface area contributed by atoms with Crippen LogP contribution in [0.2, 0.25) is 0 Å². The molecule has 25 heavy (non-hydrogen) atoms. The third-order valence-electron chi connectivity index (χ3n) is 4.74. The van der Waals surface area contributed by atoms with Crippen LogP contribution in [0.25, 0.3) is 0 Å². The molecule has 1 N–H and O–H groups in total. The van der Waals surface area contributed by atoms with Gasteiger partial charge in [-0.2, -0.15) is 0 Å². The van der Waals surface area contributed by atoms with Crippen molar-refractivity contribution in [1.82, 2.24) is 10.2 Å². The van der Waals surface area contributed by atoms with Crippen molar-refractivity contribution >= 4 is 5.91 Å². The van der Waals surface area contributed by atoms with Crippen molar-refractivity contribution in [2.24, 2.45) is 5.92 Å². The molecular formula is C20H22F2N2O. The summed E-state index contributed by atoms with van der Waals surface area (Å²) in [6, 6.07) is 12.7. The molecular weight excluding hydrogens is 322 g/mol. The highest BCUT2D eigenvalue weighted by Crippen LogP contribution is 2.21. The van der Waals surface area contributed by atoms with Crippen LogP contribution in [0.5, 0.6) is 0 Å². The Morgan fingerprint density at radius 2 is 2.00 bits per heavy atom. The molecule has 0 aromatic heterocycles. The Bertz CT molecular complexity index is 736. The first kappa shape index (κ1) is 17.5. The molecule has 0 unspecified atom stereocenters. The Morgan fingerprint density at radius 3 is 2.72 bits per heavy atom. The van der Waals surface area contributed by atoms with Crippen LogP contribution in [0.3, 0.4) is 0 Å². The number of nitrogens with zero attached hydrogens (tertiary/aromatic N) is 1. The lowest BCUT2D eigenvalue weighted by molar-refractivity contribution is 0.0787. The molecule has 3 rings (SSSR count). The van der Waals surface area contributed by atoms with E-state index >= 15 is 0 Å². The molecule has 1 aliphatic heterocycles. The van der Waals surface area contributed by atoms with Crippen LogP contribution in [0, 0.1) is 17.6 Å². The lowest BCUT2D eigenvalue weighted by Crippen LogP contribution is -2.31. The minimum absolute atomic E-state index is 0.0562. The highest BCUT2D eigenvalue weighted by atomic mass is 19.1. The van der Waals surface area contributed by atoms with Crippen molar-refractivity contribution in [3.63, 3.8) is 0 Å². The van der Waals surface area contributed by atoms with Crippen LogP contribution in [0.1, 0.15) is 35.3 Å². The first-order valence-corrected chi connectivity index (χ1v) is 8.57. The molecule has 1 fully saturated rings. The van der Waals surface area contributed by atoms with Crippen molar-refractivity contribution < 1.29 is 13.6 Å². The van der Waals surface area contributed by atoms with Gasteiger partial charge in [0.15, 0.2) is 0 Å². The summed E-state index contributed by atoms with van der Waals surface area (Å²) >= 11 is 0. The average molecular weight is 344 g/mol. The molecule has 0 bridgehead atoms. The molecule has 0 spiro atoms. The van der Waals surface area contributed by atoms with Crippen LogP contribution in [0.4, 0.5) is 8.78 Å². The zero-order valence-corrected chi connectivity index (χ0v) is 14.2. The topological polar surface area (TPSA) is 32.3 Å². The van der Waals surface area contributed by atoms with Gasteiger partial charge in [0.2, 0.25) is 0 Å². The Morgan fingerprint density at radius 1 is 1.24 bits per heavy atom. The lowest BCUT2D eigenvalue weighted by atomic mass is 10.1. The minimum Gasteiger partial charge on any atom is -0.338 e. The number of amides is 1. The molecule has 2 atom stereocenters. The number of nitrogens with one attached hydrogen (secondary N) is 1. The van der Waals surface area contributed by atoms with Gasteiger partial charge < -0.3 is 10.2 Å². The second kappa shape index (κ2) is 7.74. The monoisotopic (exact) mass is 344 g/mol. The van der Waals surface area contributed by atoms with Gasteiger partial charge >= 0.3 is 0 Å². The third kappa shape index (κ3) is 4.23. The fraction of sp³-hybridized carbons (Fsp3) is 0.350. The van der Waals surface area contributed by atoms with E-state index in [1.807, 2.05) is 42.2 Å². The van der Waals surface area contributed by atoms with Gasteiger partial charge in [-0.3, -0.25) is 4.79 Å². The SMILES string of the molecule is C[C@@H](NC[C@H]1CCN(C(=O)c2ccccc2)C1)c1ccc(F)cc1F. The van der Waals surface area contributed by atoms with Crippen LogP contribution >= 0.6 is 0 Å². The molecule has 5 heteroatoms. The van der Waals surface area contributed by atoms with Gasteiger partial charge in [-0.25, -0.2) is 8.78 Å². The number of carbonyl (C=O) groups excluding carboxylic acids is 1. The second-order valence-electron chi connectivity index (χ2n) is 6.57. The number of carbonyl (C=O) groups is 1.